The highest BCUT2D eigenvalue weighted by Gasteiger charge is 2.23. The van der Waals surface area contributed by atoms with Crippen molar-refractivity contribution in [2.45, 2.75) is 26.9 Å². The molecule has 0 aliphatic heterocycles. The molecule has 0 unspecified atom stereocenters. The molecule has 2 N–H and O–H groups in total. The molecular weight excluding hydrogens is 378 g/mol. The number of rotatable bonds is 6. The lowest BCUT2D eigenvalue weighted by molar-refractivity contribution is -0.374. The number of aromatic amines is 2. The Morgan fingerprint density at radius 2 is 1.86 bits per heavy atom. The molecule has 10 nitrogen and oxygen atoms in total. The second kappa shape index (κ2) is 8.02. The highest BCUT2D eigenvalue weighted by molar-refractivity contribution is 5.88. The highest BCUT2D eigenvalue weighted by Crippen LogP contribution is 2.32. The molecule has 0 radical (unpaired) electrons. The Labute approximate surface area is 164 Å². The molecule has 2 heterocycles. The summed E-state index contributed by atoms with van der Waals surface area (Å²) < 4.78 is 13.1. The molecule has 0 aliphatic carbocycles. The van der Waals surface area contributed by atoms with Gasteiger partial charge in [-0.3, -0.25) is 4.79 Å². The van der Waals surface area contributed by atoms with Gasteiger partial charge in [-0.15, -0.1) is 0 Å². The van der Waals surface area contributed by atoms with Gasteiger partial charge in [0.1, 0.15) is 11.8 Å². The summed E-state index contributed by atoms with van der Waals surface area (Å²) >= 11 is 0. The van der Waals surface area contributed by atoms with Gasteiger partial charge in [-0.25, -0.2) is 28.7 Å². The van der Waals surface area contributed by atoms with E-state index >= 15 is 0 Å². The average molecular weight is 398 g/mol. The van der Waals surface area contributed by atoms with Crippen molar-refractivity contribution in [3.63, 3.8) is 0 Å². The van der Waals surface area contributed by atoms with Gasteiger partial charge < -0.3 is 9.47 Å². The molecule has 0 bridgehead atoms. The fourth-order valence-electron chi connectivity index (χ4n) is 3.21. The maximum Gasteiger partial charge on any atom is 0.439 e. The maximum absolute atomic E-state index is 13.0. The quantitative estimate of drug-likeness (QED) is 0.634. The van der Waals surface area contributed by atoms with E-state index in [9.17, 15) is 14.4 Å². The number of aryl methyl sites for hydroxylation is 1. The van der Waals surface area contributed by atoms with E-state index in [1.807, 2.05) is 6.07 Å². The SMILES string of the molecule is CCn1c(=O)c2c(-c3ccc(OCC#N)c(OC)c3)[nH]c(=O)[nH+]c2n(CC)c1=O. The van der Waals surface area contributed by atoms with Crippen molar-refractivity contribution in [1.29, 1.82) is 5.26 Å². The normalized spacial score (nSPS) is 10.7. The minimum Gasteiger partial charge on any atom is -0.493 e. The van der Waals surface area contributed by atoms with Crippen LogP contribution in [0.5, 0.6) is 11.5 Å². The molecule has 0 spiro atoms. The summed E-state index contributed by atoms with van der Waals surface area (Å²) in [5, 5.41) is 8.88. The number of hydrogen-bond acceptors (Lipinski definition) is 6. The number of nitriles is 1. The summed E-state index contributed by atoms with van der Waals surface area (Å²) in [5.74, 6) is 0.683. The van der Waals surface area contributed by atoms with E-state index in [1.54, 1.807) is 32.0 Å². The summed E-state index contributed by atoms with van der Waals surface area (Å²) in [4.78, 5) is 43.1. The van der Waals surface area contributed by atoms with Crippen molar-refractivity contribution < 1.29 is 14.5 Å². The fraction of sp³-hybridized carbons (Fsp3) is 0.316. The Hall–Kier alpha value is -3.87. The Balaban J connectivity index is 2.39. The van der Waals surface area contributed by atoms with Gasteiger partial charge in [-0.05, 0) is 32.0 Å². The van der Waals surface area contributed by atoms with Crippen molar-refractivity contribution in [1.82, 2.24) is 14.1 Å². The van der Waals surface area contributed by atoms with Crippen LogP contribution in [0.4, 0.5) is 0 Å². The lowest BCUT2D eigenvalue weighted by Gasteiger charge is -2.11. The van der Waals surface area contributed by atoms with Crippen LogP contribution in [0.2, 0.25) is 0 Å². The Bertz CT molecular complexity index is 1300. The van der Waals surface area contributed by atoms with E-state index < -0.39 is 16.9 Å². The summed E-state index contributed by atoms with van der Waals surface area (Å²) in [7, 11) is 1.44. The van der Waals surface area contributed by atoms with Crippen LogP contribution >= 0.6 is 0 Å². The Morgan fingerprint density at radius 3 is 2.48 bits per heavy atom. The van der Waals surface area contributed by atoms with Gasteiger partial charge in [0.25, 0.3) is 5.56 Å². The molecule has 150 valence electrons. The molecule has 0 aliphatic rings. The number of aromatic nitrogens is 4. The van der Waals surface area contributed by atoms with Crippen LogP contribution in [0, 0.1) is 11.3 Å². The summed E-state index contributed by atoms with van der Waals surface area (Å²) in [5.41, 5.74) is -0.672. The van der Waals surface area contributed by atoms with E-state index in [0.717, 1.165) is 4.57 Å². The van der Waals surface area contributed by atoms with Gasteiger partial charge in [0.2, 0.25) is 5.65 Å². The number of nitrogens with one attached hydrogen (secondary N) is 2. The fourth-order valence-corrected chi connectivity index (χ4v) is 3.21. The average Bonchev–Trinajstić information content (AvgIpc) is 2.72. The zero-order valence-corrected chi connectivity index (χ0v) is 16.2. The van der Waals surface area contributed by atoms with Gasteiger partial charge in [-0.1, -0.05) is 0 Å². The van der Waals surface area contributed by atoms with Crippen molar-refractivity contribution in [2.75, 3.05) is 13.7 Å². The van der Waals surface area contributed by atoms with Gasteiger partial charge in [-0.2, -0.15) is 5.26 Å². The zero-order valence-electron chi connectivity index (χ0n) is 16.2. The number of fused-ring (bicyclic) bond motifs is 1. The number of nitrogens with zero attached hydrogens (tertiary/aromatic N) is 3. The van der Waals surface area contributed by atoms with E-state index in [2.05, 4.69) is 9.97 Å². The lowest BCUT2D eigenvalue weighted by Crippen LogP contribution is -2.45. The number of ether oxygens (including phenoxy) is 2. The van der Waals surface area contributed by atoms with Crippen molar-refractivity contribution in [2.24, 2.45) is 0 Å². The van der Waals surface area contributed by atoms with Crippen LogP contribution in [-0.2, 0) is 13.1 Å². The first-order valence-electron chi connectivity index (χ1n) is 8.97. The zero-order chi connectivity index (χ0) is 21.1. The third-order valence-corrected chi connectivity index (χ3v) is 4.52. The minimum atomic E-state index is -0.563. The standard InChI is InChI=1S/C19H19N5O5/c1-4-23-16-14(17(25)24(5-2)19(23)27)15(21-18(26)22-16)11-6-7-12(29-9-8-20)13(10-11)28-3/h6-7,10H,4-5,9H2,1-3H3,(H,21,22,26)/p+1. The first-order valence-corrected chi connectivity index (χ1v) is 8.97. The minimum absolute atomic E-state index is 0.148. The molecule has 10 heteroatoms. The maximum atomic E-state index is 13.0. The second-order valence-corrected chi connectivity index (χ2v) is 6.07. The first kappa shape index (κ1) is 19.9. The number of hydrogen-bond donors (Lipinski definition) is 1. The third-order valence-electron chi connectivity index (χ3n) is 4.52. The summed E-state index contributed by atoms with van der Waals surface area (Å²) in [6.45, 7) is 3.77. The van der Waals surface area contributed by atoms with Crippen LogP contribution in [0.3, 0.4) is 0 Å². The first-order chi connectivity index (χ1) is 14.0. The molecule has 29 heavy (non-hydrogen) atoms. The monoisotopic (exact) mass is 398 g/mol. The molecule has 0 amide bonds. The molecule has 0 atom stereocenters. The van der Waals surface area contributed by atoms with E-state index in [-0.39, 0.29) is 36.4 Å². The van der Waals surface area contributed by atoms with Crippen LogP contribution in [0.25, 0.3) is 22.3 Å². The highest BCUT2D eigenvalue weighted by atomic mass is 16.5. The van der Waals surface area contributed by atoms with Crippen LogP contribution in [-0.4, -0.2) is 27.8 Å². The molecule has 3 aromatic rings. The predicted molar refractivity (Wildman–Crippen MR) is 104 cm³/mol. The number of benzene rings is 1. The van der Waals surface area contributed by atoms with Crippen LogP contribution < -0.4 is 31.4 Å². The smallest absolute Gasteiger partial charge is 0.439 e. The van der Waals surface area contributed by atoms with Gasteiger partial charge in [0.05, 0.1) is 13.7 Å². The topological polar surface area (TPSA) is 133 Å². The van der Waals surface area contributed by atoms with E-state index in [1.165, 1.54) is 11.7 Å². The molecular formula is C19H20N5O5+. The lowest BCUT2D eigenvalue weighted by atomic mass is 10.1. The summed E-state index contributed by atoms with van der Waals surface area (Å²) in [6, 6.07) is 6.69. The third kappa shape index (κ3) is 3.38. The van der Waals surface area contributed by atoms with Gasteiger partial charge >= 0.3 is 11.4 Å². The Morgan fingerprint density at radius 1 is 1.14 bits per heavy atom. The van der Waals surface area contributed by atoms with Crippen molar-refractivity contribution in [3.05, 3.63) is 49.5 Å². The molecule has 2 aromatic heterocycles. The number of methoxy groups -OCH3 is 1. The van der Waals surface area contributed by atoms with E-state index in [0.29, 0.717) is 17.1 Å². The van der Waals surface area contributed by atoms with Crippen LogP contribution in [0.15, 0.2) is 32.6 Å². The van der Waals surface area contributed by atoms with Gasteiger partial charge in [0, 0.05) is 12.1 Å². The second-order valence-electron chi connectivity index (χ2n) is 6.07. The predicted octanol–water partition coefficient (Wildman–Crippen LogP) is 0.283. The van der Waals surface area contributed by atoms with Crippen molar-refractivity contribution >= 4 is 11.0 Å². The molecule has 0 saturated carbocycles. The van der Waals surface area contributed by atoms with Gasteiger partial charge in [0.15, 0.2) is 23.5 Å². The molecule has 1 aromatic carbocycles. The Kier molecular flexibility index (Phi) is 5.50. The van der Waals surface area contributed by atoms with Crippen LogP contribution in [0.1, 0.15) is 13.8 Å². The van der Waals surface area contributed by atoms with E-state index in [4.69, 9.17) is 14.7 Å². The summed E-state index contributed by atoms with van der Waals surface area (Å²) in [6.07, 6.45) is 0. The molecule has 0 fully saturated rings. The van der Waals surface area contributed by atoms with Crippen molar-refractivity contribution in [3.8, 4) is 28.8 Å². The molecule has 0 saturated heterocycles. The largest absolute Gasteiger partial charge is 0.493 e. The molecule has 3 rings (SSSR count). The number of H-pyrrole nitrogens is 2.